The van der Waals surface area contributed by atoms with Crippen LogP contribution < -0.4 is 14.9 Å². The molecule has 1 amide bonds. The molecular formula is C28H26ClN5O3S. The third-order valence-corrected chi connectivity index (χ3v) is 6.39. The Labute approximate surface area is 230 Å². The van der Waals surface area contributed by atoms with Crippen LogP contribution in [0, 0.1) is 0 Å². The molecule has 0 saturated heterocycles. The Kier molecular flexibility index (Phi) is 9.95. The van der Waals surface area contributed by atoms with Gasteiger partial charge in [-0.2, -0.15) is 5.10 Å². The van der Waals surface area contributed by atoms with E-state index in [2.05, 4.69) is 27.3 Å². The van der Waals surface area contributed by atoms with Crippen LogP contribution in [0.4, 0.5) is 0 Å². The van der Waals surface area contributed by atoms with Crippen LogP contribution in [0.5, 0.6) is 11.5 Å². The predicted octanol–water partition coefficient (Wildman–Crippen LogP) is 5.52. The number of carbonyl (C=O) groups excluding carboxylic acids is 1. The highest BCUT2D eigenvalue weighted by atomic mass is 35.5. The number of hydrazone groups is 1. The molecule has 0 spiro atoms. The number of rotatable bonds is 13. The monoisotopic (exact) mass is 547 g/mol. The van der Waals surface area contributed by atoms with E-state index in [4.69, 9.17) is 21.1 Å². The first-order chi connectivity index (χ1) is 18.6. The van der Waals surface area contributed by atoms with Crippen molar-refractivity contribution in [1.82, 2.24) is 20.2 Å². The van der Waals surface area contributed by atoms with Crippen LogP contribution in [0.15, 0.2) is 102 Å². The number of para-hydroxylation sites is 1. The molecule has 194 valence electrons. The first-order valence-electron chi connectivity index (χ1n) is 11.7. The number of thioether (sulfide) groups is 1. The molecule has 0 atom stereocenters. The zero-order valence-corrected chi connectivity index (χ0v) is 22.1. The van der Waals surface area contributed by atoms with Gasteiger partial charge in [-0.05, 0) is 42.0 Å². The molecule has 1 heterocycles. The van der Waals surface area contributed by atoms with Gasteiger partial charge in [0.2, 0.25) is 0 Å². The summed E-state index contributed by atoms with van der Waals surface area (Å²) in [6, 6.07) is 24.5. The summed E-state index contributed by atoms with van der Waals surface area (Å²) in [5, 5.41) is 13.7. The van der Waals surface area contributed by atoms with E-state index in [0.29, 0.717) is 40.7 Å². The second kappa shape index (κ2) is 14.0. The lowest BCUT2D eigenvalue weighted by Gasteiger charge is -2.09. The fourth-order valence-electron chi connectivity index (χ4n) is 3.31. The Morgan fingerprint density at radius 3 is 2.55 bits per heavy atom. The molecule has 0 aliphatic heterocycles. The van der Waals surface area contributed by atoms with Crippen molar-refractivity contribution in [2.45, 2.75) is 24.9 Å². The minimum absolute atomic E-state index is 0.108. The molecule has 0 fully saturated rings. The van der Waals surface area contributed by atoms with Crippen LogP contribution in [-0.2, 0) is 24.6 Å². The van der Waals surface area contributed by atoms with Crippen LogP contribution >= 0.6 is 23.4 Å². The molecule has 8 nitrogen and oxygen atoms in total. The van der Waals surface area contributed by atoms with E-state index in [1.54, 1.807) is 36.6 Å². The Balaban J connectivity index is 1.29. The standard InChI is InChI=1S/C28H26ClN5O3S/c1-2-16-34-26(19-36-24-14-12-23(29)13-15-24)31-33-28(34)38-20-27(35)32-30-17-22-10-6-7-11-25(22)37-18-21-8-4-3-5-9-21/h2-15,17H,1,16,18-20H2,(H,32,35)/b30-17+. The van der Waals surface area contributed by atoms with E-state index in [-0.39, 0.29) is 18.3 Å². The van der Waals surface area contributed by atoms with Crippen LogP contribution in [0.25, 0.3) is 0 Å². The van der Waals surface area contributed by atoms with E-state index < -0.39 is 0 Å². The molecule has 4 rings (SSSR count). The summed E-state index contributed by atoms with van der Waals surface area (Å²) in [4.78, 5) is 12.4. The zero-order chi connectivity index (χ0) is 26.6. The van der Waals surface area contributed by atoms with Gasteiger partial charge in [0.25, 0.3) is 5.91 Å². The third kappa shape index (κ3) is 7.96. The minimum atomic E-state index is -0.277. The van der Waals surface area contributed by atoms with Crippen molar-refractivity contribution in [3.63, 3.8) is 0 Å². The largest absolute Gasteiger partial charge is 0.488 e. The molecule has 4 aromatic rings. The number of hydrogen-bond donors (Lipinski definition) is 1. The van der Waals surface area contributed by atoms with E-state index in [0.717, 1.165) is 11.1 Å². The molecule has 38 heavy (non-hydrogen) atoms. The third-order valence-electron chi connectivity index (χ3n) is 5.17. The Bertz CT molecular complexity index is 1380. The fourth-order valence-corrected chi connectivity index (χ4v) is 4.20. The average Bonchev–Trinajstić information content (AvgIpc) is 3.33. The number of aromatic nitrogens is 3. The number of hydrogen-bond acceptors (Lipinski definition) is 7. The van der Waals surface area contributed by atoms with Gasteiger partial charge in [0.15, 0.2) is 11.0 Å². The molecule has 0 unspecified atom stereocenters. The molecule has 0 radical (unpaired) electrons. The normalized spacial score (nSPS) is 10.9. The Morgan fingerprint density at radius 1 is 1.00 bits per heavy atom. The highest BCUT2D eigenvalue weighted by Gasteiger charge is 2.14. The lowest BCUT2D eigenvalue weighted by atomic mass is 10.2. The summed E-state index contributed by atoms with van der Waals surface area (Å²) >= 11 is 7.17. The van der Waals surface area contributed by atoms with Gasteiger partial charge < -0.3 is 9.47 Å². The van der Waals surface area contributed by atoms with Gasteiger partial charge >= 0.3 is 0 Å². The quantitative estimate of drug-likeness (QED) is 0.103. The Hall–Kier alpha value is -4.08. The van der Waals surface area contributed by atoms with Crippen molar-refractivity contribution < 1.29 is 14.3 Å². The first kappa shape index (κ1) is 27.0. The van der Waals surface area contributed by atoms with E-state index in [1.807, 2.05) is 59.2 Å². The number of nitrogens with zero attached hydrogens (tertiary/aromatic N) is 4. The van der Waals surface area contributed by atoms with Crippen molar-refractivity contribution >= 4 is 35.5 Å². The number of allylic oxidation sites excluding steroid dienone is 1. The van der Waals surface area contributed by atoms with Gasteiger partial charge in [0.05, 0.1) is 12.0 Å². The summed E-state index contributed by atoms with van der Waals surface area (Å²) < 4.78 is 13.6. The number of nitrogens with one attached hydrogen (secondary N) is 1. The maximum Gasteiger partial charge on any atom is 0.250 e. The SMILES string of the molecule is C=CCn1c(COc2ccc(Cl)cc2)nnc1SCC(=O)N/N=C/c1ccccc1OCc1ccccc1. The molecule has 3 aromatic carbocycles. The lowest BCUT2D eigenvalue weighted by molar-refractivity contribution is -0.118. The summed E-state index contributed by atoms with van der Waals surface area (Å²) in [6.07, 6.45) is 3.30. The summed E-state index contributed by atoms with van der Waals surface area (Å²) in [7, 11) is 0. The van der Waals surface area contributed by atoms with Gasteiger partial charge in [-0.3, -0.25) is 9.36 Å². The molecule has 0 aliphatic rings. The van der Waals surface area contributed by atoms with E-state index >= 15 is 0 Å². The summed E-state index contributed by atoms with van der Waals surface area (Å²) in [5.41, 5.74) is 4.37. The van der Waals surface area contributed by atoms with Crippen molar-refractivity contribution in [1.29, 1.82) is 0 Å². The topological polar surface area (TPSA) is 90.6 Å². The lowest BCUT2D eigenvalue weighted by Crippen LogP contribution is -2.20. The Morgan fingerprint density at radius 2 is 1.76 bits per heavy atom. The molecule has 1 N–H and O–H groups in total. The van der Waals surface area contributed by atoms with Gasteiger partial charge in [-0.15, -0.1) is 16.8 Å². The van der Waals surface area contributed by atoms with Crippen molar-refractivity contribution in [2.75, 3.05) is 5.75 Å². The number of amides is 1. The van der Waals surface area contributed by atoms with Crippen LogP contribution in [0.1, 0.15) is 17.0 Å². The predicted molar refractivity (Wildman–Crippen MR) is 150 cm³/mol. The molecule has 10 heteroatoms. The smallest absolute Gasteiger partial charge is 0.250 e. The van der Waals surface area contributed by atoms with Crippen LogP contribution in [-0.4, -0.2) is 32.6 Å². The van der Waals surface area contributed by atoms with E-state index in [9.17, 15) is 4.79 Å². The molecule has 0 saturated carbocycles. The molecular weight excluding hydrogens is 522 g/mol. The highest BCUT2D eigenvalue weighted by molar-refractivity contribution is 7.99. The van der Waals surface area contributed by atoms with Crippen molar-refractivity contribution in [3.8, 4) is 11.5 Å². The first-order valence-corrected chi connectivity index (χ1v) is 13.1. The maximum absolute atomic E-state index is 12.4. The molecule has 0 aliphatic carbocycles. The number of carbonyl (C=O) groups is 1. The van der Waals surface area contributed by atoms with Gasteiger partial charge in [0.1, 0.15) is 24.7 Å². The molecule has 1 aromatic heterocycles. The summed E-state index contributed by atoms with van der Waals surface area (Å²) in [6.45, 7) is 4.93. The van der Waals surface area contributed by atoms with Crippen LogP contribution in [0.3, 0.4) is 0 Å². The number of benzene rings is 3. The van der Waals surface area contributed by atoms with Gasteiger partial charge in [-0.25, -0.2) is 5.43 Å². The minimum Gasteiger partial charge on any atom is -0.488 e. The fraction of sp³-hybridized carbons (Fsp3) is 0.143. The second-order valence-corrected chi connectivity index (χ2v) is 9.31. The van der Waals surface area contributed by atoms with Crippen LogP contribution in [0.2, 0.25) is 5.02 Å². The molecule has 0 bridgehead atoms. The highest BCUT2D eigenvalue weighted by Crippen LogP contribution is 2.20. The zero-order valence-electron chi connectivity index (χ0n) is 20.5. The number of ether oxygens (including phenoxy) is 2. The second-order valence-electron chi connectivity index (χ2n) is 7.93. The maximum atomic E-state index is 12.4. The average molecular weight is 548 g/mol. The van der Waals surface area contributed by atoms with Crippen molar-refractivity contribution in [3.05, 3.63) is 113 Å². The number of halogens is 1. The summed E-state index contributed by atoms with van der Waals surface area (Å²) in [5.74, 6) is 1.79. The van der Waals surface area contributed by atoms with Gasteiger partial charge in [-0.1, -0.05) is 71.9 Å². The van der Waals surface area contributed by atoms with Gasteiger partial charge in [0, 0.05) is 17.1 Å². The van der Waals surface area contributed by atoms with Crippen molar-refractivity contribution in [2.24, 2.45) is 5.10 Å². The van der Waals surface area contributed by atoms with E-state index in [1.165, 1.54) is 11.8 Å².